The lowest BCUT2D eigenvalue weighted by Gasteiger charge is -2.00. The Balaban J connectivity index is 1.67. The zero-order chi connectivity index (χ0) is 18.3. The molecule has 2 aromatic carbocycles. The van der Waals surface area contributed by atoms with E-state index in [1.807, 2.05) is 24.3 Å². The van der Waals surface area contributed by atoms with Crippen LogP contribution < -0.4 is 0 Å². The van der Waals surface area contributed by atoms with Crippen molar-refractivity contribution in [3.63, 3.8) is 0 Å². The highest BCUT2D eigenvalue weighted by Gasteiger charge is 2.13. The van der Waals surface area contributed by atoms with E-state index in [4.69, 9.17) is 46.4 Å². The topological polar surface area (TPSA) is 57.4 Å². The molecule has 0 radical (unpaired) electrons. The average molecular weight is 424 g/mol. The molecule has 130 valence electrons. The van der Waals surface area contributed by atoms with Crippen LogP contribution in [0, 0.1) is 0 Å². The van der Waals surface area contributed by atoms with E-state index in [0.717, 1.165) is 22.5 Å². The van der Waals surface area contributed by atoms with Crippen LogP contribution in [0.4, 0.5) is 0 Å². The fourth-order valence-corrected chi connectivity index (χ4v) is 3.60. The van der Waals surface area contributed by atoms with Crippen molar-refractivity contribution in [2.24, 2.45) is 0 Å². The third-order valence-electron chi connectivity index (χ3n) is 3.86. The molecule has 4 nitrogen and oxygen atoms in total. The summed E-state index contributed by atoms with van der Waals surface area (Å²) in [6, 6.07) is 14.3. The summed E-state index contributed by atoms with van der Waals surface area (Å²) < 4.78 is 0. The highest BCUT2D eigenvalue weighted by Crippen LogP contribution is 2.33. The normalized spacial score (nSPS) is 11.1. The summed E-state index contributed by atoms with van der Waals surface area (Å²) in [7, 11) is 0. The molecule has 2 heterocycles. The molecule has 0 amide bonds. The first kappa shape index (κ1) is 17.4. The smallest absolute Gasteiger partial charge is 0.0942 e. The molecule has 0 unspecified atom stereocenters. The van der Waals surface area contributed by atoms with E-state index in [0.29, 0.717) is 31.5 Å². The number of nitrogens with one attached hydrogen (secondary N) is 2. The number of nitrogens with zero attached hydrogens (tertiary/aromatic N) is 2. The van der Waals surface area contributed by atoms with Gasteiger partial charge in [-0.3, -0.25) is 10.2 Å². The lowest BCUT2D eigenvalue weighted by molar-refractivity contribution is 1.06. The van der Waals surface area contributed by atoms with Gasteiger partial charge in [-0.15, -0.1) is 0 Å². The van der Waals surface area contributed by atoms with E-state index in [9.17, 15) is 0 Å². The Morgan fingerprint density at radius 3 is 1.38 bits per heavy atom. The van der Waals surface area contributed by atoms with Gasteiger partial charge in [0.05, 0.1) is 32.8 Å². The van der Waals surface area contributed by atoms with E-state index in [1.54, 1.807) is 24.3 Å². The quantitative estimate of drug-likeness (QED) is 0.383. The summed E-state index contributed by atoms with van der Waals surface area (Å²) in [5.74, 6) is 0. The minimum Gasteiger partial charge on any atom is -0.276 e. The lowest BCUT2D eigenvalue weighted by Crippen LogP contribution is -1.79. The highest BCUT2D eigenvalue weighted by atomic mass is 35.5. The molecule has 4 rings (SSSR count). The summed E-state index contributed by atoms with van der Waals surface area (Å²) in [6.07, 6.45) is 0. The van der Waals surface area contributed by atoms with E-state index in [2.05, 4.69) is 20.4 Å². The fourth-order valence-electron chi connectivity index (χ4n) is 2.59. The van der Waals surface area contributed by atoms with Gasteiger partial charge in [0.1, 0.15) is 0 Å². The number of halogens is 4. The van der Waals surface area contributed by atoms with Crippen LogP contribution in [-0.4, -0.2) is 20.4 Å². The molecule has 0 aliphatic carbocycles. The van der Waals surface area contributed by atoms with E-state index >= 15 is 0 Å². The maximum absolute atomic E-state index is 6.25. The second-order valence-corrected chi connectivity index (χ2v) is 7.27. The van der Waals surface area contributed by atoms with Gasteiger partial charge in [0, 0.05) is 21.2 Å². The minimum absolute atomic E-state index is 0.536. The highest BCUT2D eigenvalue weighted by molar-refractivity contribution is 6.37. The average Bonchev–Trinajstić information content (AvgIpc) is 3.24. The van der Waals surface area contributed by atoms with Crippen LogP contribution in [0.3, 0.4) is 0 Å². The third-order valence-corrected chi connectivity index (χ3v) is 4.96. The van der Waals surface area contributed by atoms with E-state index < -0.39 is 0 Å². The predicted molar refractivity (Wildman–Crippen MR) is 107 cm³/mol. The van der Waals surface area contributed by atoms with Gasteiger partial charge in [0.2, 0.25) is 0 Å². The Morgan fingerprint density at radius 1 is 0.577 bits per heavy atom. The van der Waals surface area contributed by atoms with Gasteiger partial charge in [-0.2, -0.15) is 10.2 Å². The SMILES string of the molecule is Clc1ccc(-c2cc(-c3cc(-c4ccc(Cl)cc4Cl)n[nH]3)[nH]n2)c(Cl)c1. The van der Waals surface area contributed by atoms with Gasteiger partial charge in [-0.1, -0.05) is 46.4 Å². The molecule has 0 aliphatic rings. The fraction of sp³-hybridized carbons (Fsp3) is 0. The first-order valence-corrected chi connectivity index (χ1v) is 9.04. The van der Waals surface area contributed by atoms with Crippen molar-refractivity contribution in [3.05, 3.63) is 68.6 Å². The molecule has 2 N–H and O–H groups in total. The number of aromatic amines is 2. The summed E-state index contributed by atoms with van der Waals surface area (Å²) in [4.78, 5) is 0. The Labute approximate surface area is 169 Å². The standard InChI is InChI=1S/C18H10Cl4N4/c19-9-1-3-11(13(21)5-9)15-7-17(25-23-15)18-8-16(24-26-18)12-4-2-10(20)6-14(12)22/h1-8H,(H,23,25)(H,24,26). The molecule has 0 fully saturated rings. The van der Waals surface area contributed by atoms with Crippen molar-refractivity contribution >= 4 is 46.4 Å². The molecule has 0 atom stereocenters. The summed E-state index contributed by atoms with van der Waals surface area (Å²) >= 11 is 24.4. The number of H-pyrrole nitrogens is 2. The van der Waals surface area contributed by atoms with Crippen molar-refractivity contribution in [2.45, 2.75) is 0 Å². The molecule has 0 spiro atoms. The number of hydrogen-bond acceptors (Lipinski definition) is 2. The van der Waals surface area contributed by atoms with Crippen LogP contribution in [-0.2, 0) is 0 Å². The van der Waals surface area contributed by atoms with Crippen LogP contribution in [0.1, 0.15) is 0 Å². The summed E-state index contributed by atoms with van der Waals surface area (Å²) in [5, 5.41) is 16.8. The number of aromatic nitrogens is 4. The zero-order valence-corrected chi connectivity index (χ0v) is 16.0. The molecular formula is C18H10Cl4N4. The Kier molecular flexibility index (Phi) is 4.67. The van der Waals surface area contributed by atoms with E-state index in [-0.39, 0.29) is 0 Å². The Hall–Kier alpha value is -1.98. The largest absolute Gasteiger partial charge is 0.276 e. The van der Waals surface area contributed by atoms with Gasteiger partial charge >= 0.3 is 0 Å². The molecular weight excluding hydrogens is 414 g/mol. The molecule has 8 heteroatoms. The van der Waals surface area contributed by atoms with Gasteiger partial charge in [0.15, 0.2) is 0 Å². The number of hydrogen-bond donors (Lipinski definition) is 2. The molecule has 0 aliphatic heterocycles. The van der Waals surface area contributed by atoms with Gasteiger partial charge in [0.25, 0.3) is 0 Å². The van der Waals surface area contributed by atoms with Crippen molar-refractivity contribution in [1.82, 2.24) is 20.4 Å². The first-order valence-electron chi connectivity index (χ1n) is 7.53. The van der Waals surface area contributed by atoms with Crippen LogP contribution in [0.15, 0.2) is 48.5 Å². The van der Waals surface area contributed by atoms with Crippen molar-refractivity contribution < 1.29 is 0 Å². The number of rotatable bonds is 3. The van der Waals surface area contributed by atoms with Gasteiger partial charge in [-0.05, 0) is 48.5 Å². The van der Waals surface area contributed by atoms with E-state index in [1.165, 1.54) is 0 Å². The Bertz CT molecular complexity index is 1010. The second-order valence-electron chi connectivity index (χ2n) is 5.58. The molecule has 0 saturated heterocycles. The minimum atomic E-state index is 0.536. The molecule has 26 heavy (non-hydrogen) atoms. The van der Waals surface area contributed by atoms with Crippen molar-refractivity contribution in [1.29, 1.82) is 0 Å². The molecule has 0 saturated carbocycles. The first-order chi connectivity index (χ1) is 12.5. The van der Waals surface area contributed by atoms with Crippen LogP contribution in [0.2, 0.25) is 20.1 Å². The zero-order valence-electron chi connectivity index (χ0n) is 13.0. The molecule has 4 aromatic rings. The summed E-state index contributed by atoms with van der Waals surface area (Å²) in [6.45, 7) is 0. The summed E-state index contributed by atoms with van der Waals surface area (Å²) in [5.41, 5.74) is 4.55. The van der Waals surface area contributed by atoms with Gasteiger partial charge in [-0.25, -0.2) is 0 Å². The third kappa shape index (κ3) is 3.33. The van der Waals surface area contributed by atoms with Crippen molar-refractivity contribution in [2.75, 3.05) is 0 Å². The van der Waals surface area contributed by atoms with Crippen molar-refractivity contribution in [3.8, 4) is 33.9 Å². The number of benzene rings is 2. The lowest BCUT2D eigenvalue weighted by atomic mass is 10.1. The molecule has 2 aromatic heterocycles. The van der Waals surface area contributed by atoms with Crippen LogP contribution >= 0.6 is 46.4 Å². The monoisotopic (exact) mass is 422 g/mol. The molecule has 0 bridgehead atoms. The van der Waals surface area contributed by atoms with Crippen LogP contribution in [0.5, 0.6) is 0 Å². The maximum atomic E-state index is 6.25. The predicted octanol–water partition coefficient (Wildman–Crippen LogP) is 6.75. The maximum Gasteiger partial charge on any atom is 0.0942 e. The van der Waals surface area contributed by atoms with Crippen LogP contribution in [0.25, 0.3) is 33.9 Å². The second kappa shape index (κ2) is 6.97. The van der Waals surface area contributed by atoms with Gasteiger partial charge < -0.3 is 0 Å². The Morgan fingerprint density at radius 2 is 1.00 bits per heavy atom.